The lowest BCUT2D eigenvalue weighted by Gasteiger charge is -2.02. The summed E-state index contributed by atoms with van der Waals surface area (Å²) >= 11 is 0. The minimum absolute atomic E-state index is 1.05. The van der Waals surface area contributed by atoms with Crippen LogP contribution in [0.5, 0.6) is 0 Å². The minimum Gasteiger partial charge on any atom is -0.261 e. The van der Waals surface area contributed by atoms with Crippen LogP contribution in [0.15, 0.2) is 24.4 Å². The second-order valence-electron chi connectivity index (χ2n) is 3.37. The molecule has 0 amide bonds. The number of nitrogens with zero attached hydrogens (tertiary/aromatic N) is 1. The lowest BCUT2D eigenvalue weighted by Crippen LogP contribution is -1.92. The maximum Gasteiger partial charge on any atom is 0.0409 e. The van der Waals surface area contributed by atoms with E-state index in [1.165, 1.54) is 16.8 Å². The van der Waals surface area contributed by atoms with Crippen LogP contribution in [0.3, 0.4) is 0 Å². The van der Waals surface area contributed by atoms with Crippen LogP contribution >= 0.6 is 0 Å². The van der Waals surface area contributed by atoms with Gasteiger partial charge in [0.2, 0.25) is 0 Å². The fourth-order valence-electron chi connectivity index (χ4n) is 1.22. The number of hydrogen-bond donors (Lipinski definition) is 0. The molecule has 1 heterocycles. The fourth-order valence-corrected chi connectivity index (χ4v) is 1.22. The molecule has 1 aromatic rings. The topological polar surface area (TPSA) is 12.9 Å². The Morgan fingerprint density at radius 3 is 2.69 bits per heavy atom. The van der Waals surface area contributed by atoms with Crippen molar-refractivity contribution >= 4 is 0 Å². The molecule has 0 aromatic carbocycles. The van der Waals surface area contributed by atoms with Crippen molar-refractivity contribution in [1.29, 1.82) is 0 Å². The predicted octanol–water partition coefficient (Wildman–Crippen LogP) is 3.21. The molecule has 70 valence electrons. The van der Waals surface area contributed by atoms with Crippen molar-refractivity contribution in [3.8, 4) is 0 Å². The van der Waals surface area contributed by atoms with Crippen LogP contribution in [-0.4, -0.2) is 4.98 Å². The van der Waals surface area contributed by atoms with Gasteiger partial charge in [0.25, 0.3) is 0 Å². The minimum atomic E-state index is 1.05. The Morgan fingerprint density at radius 1 is 1.31 bits per heavy atom. The second-order valence-corrected chi connectivity index (χ2v) is 3.37. The average molecular weight is 175 g/mol. The maximum absolute atomic E-state index is 4.38. The Bertz CT molecular complexity index is 300. The van der Waals surface area contributed by atoms with E-state index in [4.69, 9.17) is 0 Å². The molecule has 0 aliphatic rings. The van der Waals surface area contributed by atoms with Crippen LogP contribution < -0.4 is 0 Å². The number of hydrogen-bond acceptors (Lipinski definition) is 1. The van der Waals surface area contributed by atoms with E-state index in [1.54, 1.807) is 0 Å². The molecule has 0 atom stereocenters. The van der Waals surface area contributed by atoms with Crippen LogP contribution in [0, 0.1) is 13.8 Å². The summed E-state index contributed by atoms with van der Waals surface area (Å²) in [6.45, 7) is 6.28. The normalized spacial score (nSPS) is 11.0. The van der Waals surface area contributed by atoms with E-state index in [-0.39, 0.29) is 0 Å². The molecule has 0 saturated carbocycles. The Hall–Kier alpha value is -1.11. The Kier molecular flexibility index (Phi) is 3.69. The lowest BCUT2D eigenvalue weighted by atomic mass is 10.1. The molecule has 0 N–H and O–H groups in total. The highest BCUT2D eigenvalue weighted by molar-refractivity contribution is 5.23. The van der Waals surface area contributed by atoms with E-state index in [9.17, 15) is 0 Å². The molecule has 0 spiro atoms. The van der Waals surface area contributed by atoms with E-state index in [2.05, 4.69) is 37.0 Å². The second kappa shape index (κ2) is 4.80. The summed E-state index contributed by atoms with van der Waals surface area (Å²) in [5.74, 6) is 0. The third kappa shape index (κ3) is 3.02. The summed E-state index contributed by atoms with van der Waals surface area (Å²) in [4.78, 5) is 4.38. The van der Waals surface area contributed by atoms with Crippen LogP contribution in [0.1, 0.15) is 30.2 Å². The number of rotatable bonds is 3. The van der Waals surface area contributed by atoms with E-state index >= 15 is 0 Å². The van der Waals surface area contributed by atoms with Gasteiger partial charge in [0.15, 0.2) is 0 Å². The van der Waals surface area contributed by atoms with Crippen LogP contribution in [-0.2, 0) is 6.42 Å². The molecular formula is C12H17N. The highest BCUT2D eigenvalue weighted by Crippen LogP contribution is 2.08. The molecule has 0 fully saturated rings. The molecule has 0 bridgehead atoms. The zero-order valence-electron chi connectivity index (χ0n) is 8.67. The summed E-state index contributed by atoms with van der Waals surface area (Å²) in [7, 11) is 0. The number of aryl methyl sites for hydroxylation is 3. The summed E-state index contributed by atoms with van der Waals surface area (Å²) in [6.07, 6.45) is 8.36. The highest BCUT2D eigenvalue weighted by atomic mass is 14.7. The van der Waals surface area contributed by atoms with Gasteiger partial charge in [-0.05, 0) is 50.8 Å². The molecule has 1 heteroatoms. The van der Waals surface area contributed by atoms with Crippen molar-refractivity contribution in [1.82, 2.24) is 4.98 Å². The highest BCUT2D eigenvalue weighted by Gasteiger charge is 1.96. The first-order valence-corrected chi connectivity index (χ1v) is 4.77. The summed E-state index contributed by atoms with van der Waals surface area (Å²) in [6, 6.07) is 2.18. The molecule has 0 saturated heterocycles. The van der Waals surface area contributed by atoms with Crippen molar-refractivity contribution in [3.05, 3.63) is 41.2 Å². The van der Waals surface area contributed by atoms with Gasteiger partial charge in [-0.3, -0.25) is 4.98 Å². The molecule has 1 nitrogen and oxygen atoms in total. The Labute approximate surface area is 80.5 Å². The molecule has 1 rings (SSSR count). The SMILES string of the molecule is C/C=C\CCc1cc(C)c(C)cn1. The number of pyridine rings is 1. The van der Waals surface area contributed by atoms with Gasteiger partial charge in [0.05, 0.1) is 0 Å². The molecule has 13 heavy (non-hydrogen) atoms. The fraction of sp³-hybridized carbons (Fsp3) is 0.417. The first-order chi connectivity index (χ1) is 6.24. The maximum atomic E-state index is 4.38. The van der Waals surface area contributed by atoms with Crippen LogP contribution in [0.2, 0.25) is 0 Å². The van der Waals surface area contributed by atoms with Gasteiger partial charge in [-0.1, -0.05) is 12.2 Å². The zero-order valence-corrected chi connectivity index (χ0v) is 8.67. The van der Waals surface area contributed by atoms with E-state index < -0.39 is 0 Å². The quantitative estimate of drug-likeness (QED) is 0.643. The van der Waals surface area contributed by atoms with Crippen molar-refractivity contribution in [3.63, 3.8) is 0 Å². The molecule has 0 radical (unpaired) electrons. The van der Waals surface area contributed by atoms with Gasteiger partial charge in [-0.2, -0.15) is 0 Å². The average Bonchev–Trinajstić information content (AvgIpc) is 2.12. The smallest absolute Gasteiger partial charge is 0.0409 e. The van der Waals surface area contributed by atoms with Crippen molar-refractivity contribution < 1.29 is 0 Å². The van der Waals surface area contributed by atoms with E-state index in [1.807, 2.05) is 13.1 Å². The van der Waals surface area contributed by atoms with Crippen molar-refractivity contribution in [2.45, 2.75) is 33.6 Å². The van der Waals surface area contributed by atoms with Gasteiger partial charge >= 0.3 is 0 Å². The number of allylic oxidation sites excluding steroid dienone is 2. The first kappa shape index (κ1) is 9.97. The van der Waals surface area contributed by atoms with E-state index in [0.29, 0.717) is 0 Å². The Morgan fingerprint density at radius 2 is 2.08 bits per heavy atom. The van der Waals surface area contributed by atoms with Gasteiger partial charge in [0, 0.05) is 11.9 Å². The standard InChI is InChI=1S/C12H17N/c1-4-5-6-7-12-8-10(2)11(3)9-13-12/h4-5,8-9H,6-7H2,1-3H3/b5-4-. The van der Waals surface area contributed by atoms with Crippen LogP contribution in [0.4, 0.5) is 0 Å². The molecular weight excluding hydrogens is 158 g/mol. The molecule has 1 aromatic heterocycles. The Balaban J connectivity index is 2.63. The molecule has 0 aliphatic carbocycles. The van der Waals surface area contributed by atoms with Crippen molar-refractivity contribution in [2.75, 3.05) is 0 Å². The summed E-state index contributed by atoms with van der Waals surface area (Å²) in [5, 5.41) is 0. The van der Waals surface area contributed by atoms with Gasteiger partial charge in [-0.15, -0.1) is 0 Å². The largest absolute Gasteiger partial charge is 0.261 e. The van der Waals surface area contributed by atoms with Gasteiger partial charge in [-0.25, -0.2) is 0 Å². The molecule has 0 aliphatic heterocycles. The van der Waals surface area contributed by atoms with Crippen molar-refractivity contribution in [2.24, 2.45) is 0 Å². The lowest BCUT2D eigenvalue weighted by molar-refractivity contribution is 0.933. The summed E-state index contributed by atoms with van der Waals surface area (Å²) < 4.78 is 0. The third-order valence-electron chi connectivity index (χ3n) is 2.23. The number of aromatic nitrogens is 1. The first-order valence-electron chi connectivity index (χ1n) is 4.77. The monoisotopic (exact) mass is 175 g/mol. The predicted molar refractivity (Wildman–Crippen MR) is 56.8 cm³/mol. The van der Waals surface area contributed by atoms with Crippen LogP contribution in [0.25, 0.3) is 0 Å². The van der Waals surface area contributed by atoms with Gasteiger partial charge in [0.1, 0.15) is 0 Å². The third-order valence-corrected chi connectivity index (χ3v) is 2.23. The van der Waals surface area contributed by atoms with Gasteiger partial charge < -0.3 is 0 Å². The zero-order chi connectivity index (χ0) is 9.68. The molecule has 0 unspecified atom stereocenters. The summed E-state index contributed by atoms with van der Waals surface area (Å²) in [5.41, 5.74) is 3.81. The van der Waals surface area contributed by atoms with E-state index in [0.717, 1.165) is 12.8 Å².